The zero-order chi connectivity index (χ0) is 43.2. The lowest BCUT2D eigenvalue weighted by Crippen LogP contribution is -2.74. The average Bonchev–Trinajstić information content (AvgIpc) is 3.69. The van der Waals surface area contributed by atoms with E-state index in [2.05, 4.69) is 31.6 Å². The van der Waals surface area contributed by atoms with Crippen molar-refractivity contribution in [3.05, 3.63) is 95.8 Å². The molecule has 0 aromatic heterocycles. The van der Waals surface area contributed by atoms with Gasteiger partial charge in [-0.15, -0.1) is 0 Å². The molecule has 4 unspecified atom stereocenters. The molecule has 0 aliphatic carbocycles. The van der Waals surface area contributed by atoms with Crippen LogP contribution in [0.5, 0.6) is 0 Å². The zero-order valence-electron chi connectivity index (χ0n) is 34.4. The third-order valence-corrected chi connectivity index (χ3v) is 9.29. The Balaban J connectivity index is 1.57. The van der Waals surface area contributed by atoms with Gasteiger partial charge in [-0.25, -0.2) is 9.79 Å². The third-order valence-electron chi connectivity index (χ3n) is 9.29. The highest BCUT2D eigenvalue weighted by Crippen LogP contribution is 2.18. The molecule has 11 N–H and O–H groups in total. The third kappa shape index (κ3) is 15.3. The van der Waals surface area contributed by atoms with Gasteiger partial charge >= 0.3 is 6.09 Å². The van der Waals surface area contributed by atoms with Crippen molar-refractivity contribution in [2.24, 2.45) is 16.5 Å². The molecule has 0 spiro atoms. The van der Waals surface area contributed by atoms with Gasteiger partial charge in [-0.3, -0.25) is 29.3 Å². The van der Waals surface area contributed by atoms with Crippen molar-refractivity contribution in [3.8, 4) is 0 Å². The molecule has 16 heteroatoms. The molecule has 1 heterocycles. The number of carbonyl (C=O) groups is 6. The monoisotopic (exact) mass is 812 g/mol. The molecule has 1 aliphatic rings. The largest absolute Gasteiger partial charge is 0.444 e. The van der Waals surface area contributed by atoms with Crippen molar-refractivity contribution in [3.63, 3.8) is 0 Å². The second-order valence-corrected chi connectivity index (χ2v) is 16.2. The Kier molecular flexibility index (Phi) is 16.3. The van der Waals surface area contributed by atoms with Gasteiger partial charge in [0.1, 0.15) is 41.7 Å². The van der Waals surface area contributed by atoms with Gasteiger partial charge in [0.15, 0.2) is 6.34 Å². The number of alkyl carbamates (subject to hydrolysis) is 1. The normalized spacial score (nSPS) is 14.6. The number of rotatable bonds is 20. The molecule has 0 bridgehead atoms. The average molecular weight is 813 g/mol. The fourth-order valence-electron chi connectivity index (χ4n) is 6.17. The van der Waals surface area contributed by atoms with E-state index >= 15 is 0 Å². The van der Waals surface area contributed by atoms with Crippen LogP contribution >= 0.6 is 0 Å². The standard InChI is InChI=1S/C43H57N9O7/c1-42(2,3)59-41(58)47-20-12-11-17-32(36(44)53)49-37(54)33(22-27-13-7-6-8-14-27)50-38(55)34(23-28-18-19-29-15-9-10-16-30(29)21-28)51-39(56)35(24-31-25-46-26-48-31)52-40(57)43(4,5)45/h6-10,13-16,18-19,21,25-26,32-35H,11-12,17,20,22-24,45H2,1-5H3,(H2,44,53)(H,46,48)(H,47,58)(H,49,54)(H,50,55)(H,51,56)(H,52,57)/p+1. The number of quaternary nitrogens is 1. The van der Waals surface area contributed by atoms with E-state index in [1.807, 2.05) is 48.5 Å². The van der Waals surface area contributed by atoms with E-state index in [1.165, 1.54) is 13.8 Å². The SMILES string of the molecule is CC(C)(C)OC(=O)NCCCCC(NC(=O)C(Cc1ccccc1)NC(=O)C(Cc1ccc2ccccc2c1)NC(=O)C(CC1=C[NH2+]C=N1)NC(=O)C(C)(C)N)C(N)=O. The van der Waals surface area contributed by atoms with Gasteiger partial charge in [0.25, 0.3) is 0 Å². The summed E-state index contributed by atoms with van der Waals surface area (Å²) >= 11 is 0. The first-order valence-electron chi connectivity index (χ1n) is 19.7. The number of carbonyl (C=O) groups excluding carboxylic acids is 6. The highest BCUT2D eigenvalue weighted by Gasteiger charge is 2.34. The van der Waals surface area contributed by atoms with Gasteiger partial charge in [0.05, 0.1) is 5.54 Å². The van der Waals surface area contributed by atoms with Crippen LogP contribution in [-0.4, -0.2) is 83.8 Å². The predicted molar refractivity (Wildman–Crippen MR) is 224 cm³/mol. The van der Waals surface area contributed by atoms with E-state index in [0.29, 0.717) is 18.5 Å². The maximum absolute atomic E-state index is 14.4. The topological polar surface area (TPSA) is 253 Å². The molecule has 0 radical (unpaired) electrons. The van der Waals surface area contributed by atoms with Crippen LogP contribution in [0.25, 0.3) is 10.8 Å². The molecule has 3 aromatic carbocycles. The van der Waals surface area contributed by atoms with Crippen LogP contribution in [-0.2, 0) is 41.6 Å². The number of primary amides is 1. The smallest absolute Gasteiger partial charge is 0.407 e. The van der Waals surface area contributed by atoms with Crippen LogP contribution in [0.2, 0.25) is 0 Å². The van der Waals surface area contributed by atoms with Crippen LogP contribution in [0.3, 0.4) is 0 Å². The van der Waals surface area contributed by atoms with Crippen LogP contribution in [0.1, 0.15) is 71.4 Å². The summed E-state index contributed by atoms with van der Waals surface area (Å²) in [4.78, 5) is 84.4. The first-order valence-corrected chi connectivity index (χ1v) is 19.7. The number of ether oxygens (including phenoxy) is 1. The first kappa shape index (κ1) is 45.6. The molecule has 3 aromatic rings. The number of amides is 6. The molecular weight excluding hydrogens is 755 g/mol. The van der Waals surface area contributed by atoms with Gasteiger partial charge < -0.3 is 42.8 Å². The minimum Gasteiger partial charge on any atom is -0.444 e. The van der Waals surface area contributed by atoms with E-state index < -0.39 is 70.9 Å². The molecule has 316 valence electrons. The summed E-state index contributed by atoms with van der Waals surface area (Å²) in [7, 11) is 0. The van der Waals surface area contributed by atoms with Gasteiger partial charge in [0.2, 0.25) is 29.5 Å². The summed E-state index contributed by atoms with van der Waals surface area (Å²) in [5.41, 5.74) is 11.8. The number of unbranched alkanes of at least 4 members (excludes halogenated alkanes) is 1. The van der Waals surface area contributed by atoms with Crippen molar-refractivity contribution in [1.82, 2.24) is 26.6 Å². The maximum Gasteiger partial charge on any atom is 0.407 e. The Morgan fingerprint density at radius 2 is 1.27 bits per heavy atom. The van der Waals surface area contributed by atoms with Crippen molar-refractivity contribution in [1.29, 1.82) is 0 Å². The van der Waals surface area contributed by atoms with Crippen molar-refractivity contribution in [2.45, 2.75) is 108 Å². The molecule has 0 fully saturated rings. The van der Waals surface area contributed by atoms with E-state index in [1.54, 1.807) is 62.9 Å². The van der Waals surface area contributed by atoms with Crippen LogP contribution in [0.15, 0.2) is 89.7 Å². The lowest BCUT2D eigenvalue weighted by molar-refractivity contribution is -0.447. The number of hydrogen-bond donors (Lipinski definition) is 8. The van der Waals surface area contributed by atoms with E-state index in [-0.39, 0.29) is 32.2 Å². The Bertz CT molecular complexity index is 2020. The zero-order valence-corrected chi connectivity index (χ0v) is 34.4. The Morgan fingerprint density at radius 1 is 0.695 bits per heavy atom. The lowest BCUT2D eigenvalue weighted by atomic mass is 9.99. The molecule has 4 rings (SSSR count). The molecule has 1 aliphatic heterocycles. The molecule has 16 nitrogen and oxygen atoms in total. The maximum atomic E-state index is 14.4. The molecule has 0 saturated carbocycles. The molecular formula is C43H58N9O7+. The number of fused-ring (bicyclic) bond motifs is 1. The highest BCUT2D eigenvalue weighted by molar-refractivity contribution is 5.96. The van der Waals surface area contributed by atoms with E-state index in [4.69, 9.17) is 16.2 Å². The molecule has 6 amide bonds. The van der Waals surface area contributed by atoms with Crippen molar-refractivity contribution < 1.29 is 38.8 Å². The quantitative estimate of drug-likeness (QED) is 0.0771. The Hall–Kier alpha value is -6.13. The van der Waals surface area contributed by atoms with Gasteiger partial charge in [-0.05, 0) is 75.8 Å². The number of benzene rings is 3. The summed E-state index contributed by atoms with van der Waals surface area (Å²) < 4.78 is 5.25. The van der Waals surface area contributed by atoms with Crippen LogP contribution < -0.4 is 43.4 Å². The van der Waals surface area contributed by atoms with Crippen LogP contribution in [0.4, 0.5) is 4.79 Å². The Morgan fingerprint density at radius 3 is 1.85 bits per heavy atom. The van der Waals surface area contributed by atoms with Crippen molar-refractivity contribution >= 4 is 52.7 Å². The minimum atomic E-state index is -1.31. The lowest BCUT2D eigenvalue weighted by Gasteiger charge is -2.27. The summed E-state index contributed by atoms with van der Waals surface area (Å²) in [5, 5.41) is 17.4. The van der Waals surface area contributed by atoms with Gasteiger partial charge in [0, 0.05) is 25.8 Å². The summed E-state index contributed by atoms with van der Waals surface area (Å²) in [6, 6.07) is 17.8. The van der Waals surface area contributed by atoms with E-state index in [0.717, 1.165) is 21.9 Å². The predicted octanol–water partition coefficient (Wildman–Crippen LogP) is 1.32. The summed E-state index contributed by atoms with van der Waals surface area (Å²) in [6.45, 7) is 8.58. The summed E-state index contributed by atoms with van der Waals surface area (Å²) in [5.74, 6) is -3.35. The number of nitrogens with one attached hydrogen (secondary N) is 5. The van der Waals surface area contributed by atoms with Gasteiger partial charge in [-0.1, -0.05) is 72.8 Å². The second kappa shape index (κ2) is 21.0. The van der Waals surface area contributed by atoms with E-state index in [9.17, 15) is 28.8 Å². The van der Waals surface area contributed by atoms with Gasteiger partial charge in [-0.2, -0.15) is 0 Å². The fraction of sp³-hybridized carbons (Fsp3) is 0.419. The van der Waals surface area contributed by atoms with Crippen molar-refractivity contribution in [2.75, 3.05) is 6.54 Å². The number of hydrogen-bond acceptors (Lipinski definition) is 9. The molecule has 4 atom stereocenters. The second-order valence-electron chi connectivity index (χ2n) is 16.2. The number of aliphatic imine (C=N–C) groups is 1. The molecule has 0 saturated heterocycles. The Labute approximate surface area is 344 Å². The first-order chi connectivity index (χ1) is 27.9. The minimum absolute atomic E-state index is 0.0234. The fourth-order valence-corrected chi connectivity index (χ4v) is 6.17. The van der Waals surface area contributed by atoms with Crippen LogP contribution in [0, 0.1) is 0 Å². The number of nitrogens with zero attached hydrogens (tertiary/aromatic N) is 1. The summed E-state index contributed by atoms with van der Waals surface area (Å²) in [6.07, 6.45) is 3.90. The number of nitrogens with two attached hydrogens (primary N) is 3. The highest BCUT2D eigenvalue weighted by atomic mass is 16.6. The molecule has 59 heavy (non-hydrogen) atoms.